The maximum Gasteiger partial charge on any atom is 0.234 e. The molecule has 0 unspecified atom stereocenters. The topological polar surface area (TPSA) is 65.4 Å². The predicted molar refractivity (Wildman–Crippen MR) is 91.5 cm³/mol. The molecule has 124 valence electrons. The Kier molecular flexibility index (Phi) is 5.92. The summed E-state index contributed by atoms with van der Waals surface area (Å²) in [6.07, 6.45) is 3.66. The molecule has 1 amide bonds. The first kappa shape index (κ1) is 17.2. The molecule has 0 saturated heterocycles. The Bertz CT molecular complexity index is 648. The highest BCUT2D eigenvalue weighted by Gasteiger charge is 2.11. The predicted octanol–water partition coefficient (Wildman–Crippen LogP) is 3.21. The van der Waals surface area contributed by atoms with Crippen LogP contribution in [0.5, 0.6) is 11.5 Å². The summed E-state index contributed by atoms with van der Waals surface area (Å²) < 4.78 is 12.4. The molecule has 0 radical (unpaired) electrons. The molecule has 1 N–H and O–H groups in total. The molecule has 0 fully saturated rings. The van der Waals surface area contributed by atoms with Crippen LogP contribution >= 0.6 is 11.8 Å². The maximum atomic E-state index is 12.1. The van der Waals surface area contributed by atoms with Gasteiger partial charge in [-0.05, 0) is 13.8 Å². The normalized spacial score (nSPS) is 10.7. The van der Waals surface area contributed by atoms with Crippen LogP contribution < -0.4 is 14.8 Å². The van der Waals surface area contributed by atoms with E-state index in [0.29, 0.717) is 23.2 Å². The minimum absolute atomic E-state index is 0.108. The number of ether oxygens (including phenoxy) is 2. The standard InChI is InChI=1S/C16H21N3O3S/c1-11(2)19-6-5-17-16(19)23-10-15(20)18-12-7-13(21-3)9-14(8-12)22-4/h5-9,11H,10H2,1-4H3,(H,18,20). The Morgan fingerprint density at radius 1 is 1.26 bits per heavy atom. The summed E-state index contributed by atoms with van der Waals surface area (Å²) in [7, 11) is 3.14. The second-order valence-electron chi connectivity index (χ2n) is 5.15. The van der Waals surface area contributed by atoms with Crippen molar-refractivity contribution in [1.82, 2.24) is 9.55 Å². The summed E-state index contributed by atoms with van der Waals surface area (Å²) in [6.45, 7) is 4.16. The summed E-state index contributed by atoms with van der Waals surface area (Å²) in [6, 6.07) is 5.56. The van der Waals surface area contributed by atoms with Gasteiger partial charge in [0.15, 0.2) is 5.16 Å². The highest BCUT2D eigenvalue weighted by atomic mass is 32.2. The van der Waals surface area contributed by atoms with E-state index in [4.69, 9.17) is 9.47 Å². The molecule has 0 bridgehead atoms. The fourth-order valence-corrected chi connectivity index (χ4v) is 2.90. The summed E-state index contributed by atoms with van der Waals surface area (Å²) in [4.78, 5) is 16.4. The van der Waals surface area contributed by atoms with Gasteiger partial charge in [0.2, 0.25) is 5.91 Å². The molecule has 0 aliphatic carbocycles. The van der Waals surface area contributed by atoms with Crippen LogP contribution in [0, 0.1) is 0 Å². The molecule has 0 spiro atoms. The molecule has 2 aromatic rings. The van der Waals surface area contributed by atoms with Gasteiger partial charge < -0.3 is 19.4 Å². The van der Waals surface area contributed by atoms with Crippen LogP contribution in [-0.4, -0.2) is 35.4 Å². The van der Waals surface area contributed by atoms with E-state index in [1.807, 2.05) is 10.8 Å². The fourth-order valence-electron chi connectivity index (χ4n) is 2.01. The summed E-state index contributed by atoms with van der Waals surface area (Å²) in [5.41, 5.74) is 0.638. The number of amides is 1. The van der Waals surface area contributed by atoms with E-state index in [2.05, 4.69) is 24.1 Å². The molecule has 1 aromatic heterocycles. The third-order valence-corrected chi connectivity index (χ3v) is 4.14. The average Bonchev–Trinajstić information content (AvgIpc) is 3.01. The van der Waals surface area contributed by atoms with Crippen LogP contribution in [-0.2, 0) is 4.79 Å². The Labute approximate surface area is 140 Å². The minimum Gasteiger partial charge on any atom is -0.497 e. The van der Waals surface area contributed by atoms with Gasteiger partial charge in [0.25, 0.3) is 0 Å². The van der Waals surface area contributed by atoms with Crippen molar-refractivity contribution in [3.63, 3.8) is 0 Å². The Morgan fingerprint density at radius 3 is 2.48 bits per heavy atom. The molecule has 7 heteroatoms. The van der Waals surface area contributed by atoms with E-state index in [1.165, 1.54) is 11.8 Å². The summed E-state index contributed by atoms with van der Waals surface area (Å²) in [5.74, 6) is 1.43. The fraction of sp³-hybridized carbons (Fsp3) is 0.375. The zero-order valence-electron chi connectivity index (χ0n) is 13.7. The van der Waals surface area contributed by atoms with E-state index in [-0.39, 0.29) is 11.7 Å². The van der Waals surface area contributed by atoms with E-state index in [1.54, 1.807) is 38.6 Å². The highest BCUT2D eigenvalue weighted by molar-refractivity contribution is 7.99. The number of hydrogen-bond acceptors (Lipinski definition) is 5. The number of methoxy groups -OCH3 is 2. The molecule has 2 rings (SSSR count). The first-order valence-electron chi connectivity index (χ1n) is 7.22. The monoisotopic (exact) mass is 335 g/mol. The number of imidazole rings is 1. The van der Waals surface area contributed by atoms with E-state index in [0.717, 1.165) is 5.16 Å². The van der Waals surface area contributed by atoms with Gasteiger partial charge >= 0.3 is 0 Å². The number of carbonyl (C=O) groups is 1. The van der Waals surface area contributed by atoms with Gasteiger partial charge in [0, 0.05) is 42.3 Å². The van der Waals surface area contributed by atoms with Crippen LogP contribution in [0.1, 0.15) is 19.9 Å². The number of hydrogen-bond donors (Lipinski definition) is 1. The Hall–Kier alpha value is -2.15. The van der Waals surface area contributed by atoms with Gasteiger partial charge in [-0.25, -0.2) is 4.98 Å². The third-order valence-electron chi connectivity index (χ3n) is 3.16. The van der Waals surface area contributed by atoms with Crippen molar-refractivity contribution < 1.29 is 14.3 Å². The summed E-state index contributed by atoms with van der Waals surface area (Å²) >= 11 is 1.41. The van der Waals surface area contributed by atoms with Crippen molar-refractivity contribution in [3.8, 4) is 11.5 Å². The largest absolute Gasteiger partial charge is 0.497 e. The van der Waals surface area contributed by atoms with Crippen molar-refractivity contribution in [2.75, 3.05) is 25.3 Å². The van der Waals surface area contributed by atoms with Crippen molar-refractivity contribution in [2.45, 2.75) is 25.0 Å². The first-order valence-corrected chi connectivity index (χ1v) is 8.20. The highest BCUT2D eigenvalue weighted by Crippen LogP contribution is 2.26. The smallest absolute Gasteiger partial charge is 0.234 e. The van der Waals surface area contributed by atoms with Crippen LogP contribution in [0.25, 0.3) is 0 Å². The number of benzene rings is 1. The lowest BCUT2D eigenvalue weighted by Gasteiger charge is -2.11. The zero-order chi connectivity index (χ0) is 16.8. The minimum atomic E-state index is -0.108. The molecule has 23 heavy (non-hydrogen) atoms. The van der Waals surface area contributed by atoms with E-state index >= 15 is 0 Å². The molecule has 1 aromatic carbocycles. The number of rotatable bonds is 7. The van der Waals surface area contributed by atoms with Crippen molar-refractivity contribution in [3.05, 3.63) is 30.6 Å². The Morgan fingerprint density at radius 2 is 1.91 bits per heavy atom. The first-order chi connectivity index (χ1) is 11.0. The van der Waals surface area contributed by atoms with Gasteiger partial charge in [-0.15, -0.1) is 0 Å². The zero-order valence-corrected chi connectivity index (χ0v) is 14.5. The molecule has 0 atom stereocenters. The molecule has 1 heterocycles. The molecule has 6 nitrogen and oxygen atoms in total. The van der Waals surface area contributed by atoms with Crippen LogP contribution in [0.4, 0.5) is 5.69 Å². The molecule has 0 saturated carbocycles. The molecule has 0 aliphatic heterocycles. The van der Waals surface area contributed by atoms with Crippen molar-refractivity contribution in [2.24, 2.45) is 0 Å². The van der Waals surface area contributed by atoms with E-state index in [9.17, 15) is 4.79 Å². The van der Waals surface area contributed by atoms with Gasteiger partial charge in [-0.2, -0.15) is 0 Å². The van der Waals surface area contributed by atoms with Crippen LogP contribution in [0.2, 0.25) is 0 Å². The lowest BCUT2D eigenvalue weighted by molar-refractivity contribution is -0.113. The van der Waals surface area contributed by atoms with Gasteiger partial charge in [-0.3, -0.25) is 4.79 Å². The maximum absolute atomic E-state index is 12.1. The molecular weight excluding hydrogens is 314 g/mol. The van der Waals surface area contributed by atoms with Crippen molar-refractivity contribution >= 4 is 23.4 Å². The quantitative estimate of drug-likeness (QED) is 0.787. The third kappa shape index (κ3) is 4.66. The molecule has 0 aliphatic rings. The lowest BCUT2D eigenvalue weighted by atomic mass is 10.2. The number of nitrogens with one attached hydrogen (secondary N) is 1. The lowest BCUT2D eigenvalue weighted by Crippen LogP contribution is -2.15. The van der Waals surface area contributed by atoms with Crippen LogP contribution in [0.15, 0.2) is 35.7 Å². The van der Waals surface area contributed by atoms with Gasteiger partial charge in [0.05, 0.1) is 20.0 Å². The number of anilines is 1. The SMILES string of the molecule is COc1cc(NC(=O)CSc2nccn2C(C)C)cc(OC)c1. The average molecular weight is 335 g/mol. The summed E-state index contributed by atoms with van der Waals surface area (Å²) in [5, 5.41) is 3.68. The van der Waals surface area contributed by atoms with E-state index < -0.39 is 0 Å². The number of carbonyl (C=O) groups excluding carboxylic acids is 1. The van der Waals surface area contributed by atoms with Crippen molar-refractivity contribution in [1.29, 1.82) is 0 Å². The number of aromatic nitrogens is 2. The van der Waals surface area contributed by atoms with Gasteiger partial charge in [-0.1, -0.05) is 11.8 Å². The van der Waals surface area contributed by atoms with Gasteiger partial charge in [0.1, 0.15) is 11.5 Å². The van der Waals surface area contributed by atoms with Crippen LogP contribution in [0.3, 0.4) is 0 Å². The molecular formula is C16H21N3O3S. The number of thioether (sulfide) groups is 1. The Balaban J connectivity index is 1.98. The second-order valence-corrected chi connectivity index (χ2v) is 6.09. The number of nitrogens with zero attached hydrogens (tertiary/aromatic N) is 2. The second kappa shape index (κ2) is 7.92.